The van der Waals surface area contributed by atoms with E-state index >= 15 is 0 Å². The molecule has 0 atom stereocenters. The number of H-pyrrole nitrogens is 1. The van der Waals surface area contributed by atoms with Crippen LogP contribution in [0.4, 0.5) is 14.5 Å². The van der Waals surface area contributed by atoms with Crippen LogP contribution in [-0.4, -0.2) is 32.5 Å². The highest BCUT2D eigenvalue weighted by Gasteiger charge is 2.24. The topological polar surface area (TPSA) is 118 Å². The van der Waals surface area contributed by atoms with Crippen LogP contribution in [0, 0.1) is 11.6 Å². The lowest BCUT2D eigenvalue weighted by Crippen LogP contribution is -2.43. The average Bonchev–Trinajstić information content (AvgIpc) is 3.56. The zero-order chi connectivity index (χ0) is 28.4. The van der Waals surface area contributed by atoms with E-state index in [0.717, 1.165) is 44.3 Å². The van der Waals surface area contributed by atoms with Crippen molar-refractivity contribution in [2.45, 2.75) is 6.54 Å². The number of halogens is 2. The van der Waals surface area contributed by atoms with Crippen molar-refractivity contribution in [3.05, 3.63) is 127 Å². The maximum absolute atomic E-state index is 13.6. The van der Waals surface area contributed by atoms with E-state index in [9.17, 15) is 28.0 Å². The van der Waals surface area contributed by atoms with Crippen LogP contribution in [0.1, 0.15) is 32.7 Å². The Morgan fingerprint density at radius 2 is 1.88 bits per heavy atom. The number of carbonyl (C=O) groups is 2. The molecule has 0 saturated carbocycles. The van der Waals surface area contributed by atoms with Gasteiger partial charge in [0.2, 0.25) is 0 Å². The monoisotopic (exact) mass is 543 g/mol. The molecule has 5 rings (SSSR count). The molecule has 2 aromatic heterocycles. The Kier molecular flexibility index (Phi) is 7.11. The van der Waals surface area contributed by atoms with Gasteiger partial charge in [-0.25, -0.2) is 13.6 Å². The number of nitrogens with one attached hydrogen (secondary N) is 3. The Morgan fingerprint density at radius 1 is 1.05 bits per heavy atom. The number of anilines is 1. The summed E-state index contributed by atoms with van der Waals surface area (Å²) in [5, 5.41) is 5.46. The Labute approximate surface area is 226 Å². The molecule has 0 fully saturated rings. The molecule has 0 unspecified atom stereocenters. The average molecular weight is 544 g/mol. The molecule has 1 aliphatic rings. The smallest absolute Gasteiger partial charge is 0.331 e. The number of aromatic amines is 1. The second-order valence-electron chi connectivity index (χ2n) is 9.13. The third-order valence-electron chi connectivity index (χ3n) is 6.34. The van der Waals surface area contributed by atoms with E-state index in [1.807, 2.05) is 30.3 Å². The van der Waals surface area contributed by atoms with Crippen molar-refractivity contribution in [2.75, 3.05) is 11.9 Å². The molecule has 4 aromatic rings. The number of rotatable bonds is 7. The summed E-state index contributed by atoms with van der Waals surface area (Å²) >= 11 is 0. The fourth-order valence-corrected chi connectivity index (χ4v) is 4.33. The summed E-state index contributed by atoms with van der Waals surface area (Å²) in [5.74, 6) is -3.07. The first kappa shape index (κ1) is 26.3. The van der Waals surface area contributed by atoms with Gasteiger partial charge >= 0.3 is 5.69 Å². The summed E-state index contributed by atoms with van der Waals surface area (Å²) in [4.78, 5) is 53.7. The van der Waals surface area contributed by atoms with Crippen LogP contribution < -0.4 is 21.9 Å². The Bertz CT molecular complexity index is 1820. The zero-order valence-corrected chi connectivity index (χ0v) is 21.2. The number of aromatic nitrogens is 3. The van der Waals surface area contributed by atoms with Crippen LogP contribution in [0.25, 0.3) is 17.7 Å². The number of aryl methyl sites for hydroxylation is 1. The number of fused-ring (bicyclic) bond motifs is 1. The highest BCUT2D eigenvalue weighted by Crippen LogP contribution is 2.33. The number of amides is 2. The lowest BCUT2D eigenvalue weighted by molar-refractivity contribution is -0.110. The van der Waals surface area contributed by atoms with Crippen molar-refractivity contribution in [1.82, 2.24) is 19.4 Å². The number of hydrogen-bond acceptors (Lipinski definition) is 4. The Morgan fingerprint density at radius 3 is 2.62 bits per heavy atom. The largest absolute Gasteiger partial charge is 0.362 e. The van der Waals surface area contributed by atoms with Crippen LogP contribution in [0.15, 0.2) is 76.6 Å². The minimum Gasteiger partial charge on any atom is -0.362 e. The predicted molar refractivity (Wildman–Crippen MR) is 147 cm³/mol. The summed E-state index contributed by atoms with van der Waals surface area (Å²) < 4.78 is 28.7. The first-order valence-corrected chi connectivity index (χ1v) is 12.2. The van der Waals surface area contributed by atoms with Gasteiger partial charge in [0.15, 0.2) is 11.6 Å². The third-order valence-corrected chi connectivity index (χ3v) is 6.34. The molecule has 0 saturated heterocycles. The van der Waals surface area contributed by atoms with Crippen molar-refractivity contribution >= 4 is 35.2 Å². The van der Waals surface area contributed by atoms with Crippen molar-refractivity contribution in [2.24, 2.45) is 7.05 Å². The van der Waals surface area contributed by atoms with Gasteiger partial charge < -0.3 is 20.2 Å². The van der Waals surface area contributed by atoms with E-state index in [2.05, 4.69) is 15.6 Å². The van der Waals surface area contributed by atoms with E-state index < -0.39 is 28.8 Å². The summed E-state index contributed by atoms with van der Waals surface area (Å²) in [6.07, 6.45) is 8.11. The molecule has 2 amide bonds. The quantitative estimate of drug-likeness (QED) is 0.311. The number of benzene rings is 2. The van der Waals surface area contributed by atoms with Crippen molar-refractivity contribution in [3.8, 4) is 0 Å². The van der Waals surface area contributed by atoms with Crippen LogP contribution in [0.2, 0.25) is 0 Å². The first-order valence-electron chi connectivity index (χ1n) is 12.2. The molecule has 40 heavy (non-hydrogen) atoms. The fourth-order valence-electron chi connectivity index (χ4n) is 4.33. The van der Waals surface area contributed by atoms with Crippen LogP contribution in [-0.2, 0) is 18.4 Å². The van der Waals surface area contributed by atoms with E-state index in [4.69, 9.17) is 0 Å². The third kappa shape index (κ3) is 5.30. The van der Waals surface area contributed by atoms with E-state index in [1.54, 1.807) is 24.4 Å². The van der Waals surface area contributed by atoms with E-state index in [1.165, 1.54) is 13.1 Å². The number of nitrogens with zero attached hydrogens (tertiary/aromatic N) is 2. The molecule has 3 heterocycles. The number of carbonyl (C=O) groups excluding carboxylic acids is 2. The lowest BCUT2D eigenvalue weighted by atomic mass is 10.0. The van der Waals surface area contributed by atoms with Crippen molar-refractivity contribution < 1.29 is 18.4 Å². The van der Waals surface area contributed by atoms with Crippen molar-refractivity contribution in [3.63, 3.8) is 0 Å². The summed E-state index contributed by atoms with van der Waals surface area (Å²) in [7, 11) is 1.38. The minimum atomic E-state index is -1.11. The van der Waals surface area contributed by atoms with Gasteiger partial charge in [-0.3, -0.25) is 19.0 Å². The minimum absolute atomic E-state index is 0.0751. The second-order valence-corrected chi connectivity index (χ2v) is 9.13. The molecule has 0 aliphatic carbocycles. The highest BCUT2D eigenvalue weighted by atomic mass is 19.2. The SMILES string of the molecule is Cn1cc(C(=O)NC/C=C/c2ccc3c(c2)NC(=O)/C3=C\c2ccc[nH]2)c(=O)n(Cc2ccc(F)c(F)c2)c1=O. The van der Waals surface area contributed by atoms with E-state index in [0.29, 0.717) is 11.3 Å². The molecule has 0 spiro atoms. The van der Waals surface area contributed by atoms with Gasteiger partial charge in [0.05, 0.1) is 12.1 Å². The summed E-state index contributed by atoms with van der Waals surface area (Å²) in [6, 6.07) is 12.2. The van der Waals surface area contributed by atoms with Gasteiger partial charge in [-0.05, 0) is 47.5 Å². The summed E-state index contributed by atoms with van der Waals surface area (Å²) in [6.45, 7) is -0.258. The first-order chi connectivity index (χ1) is 19.2. The molecule has 2 aromatic carbocycles. The lowest BCUT2D eigenvalue weighted by Gasteiger charge is -2.10. The highest BCUT2D eigenvalue weighted by molar-refractivity contribution is 6.34. The molecule has 9 nitrogen and oxygen atoms in total. The zero-order valence-electron chi connectivity index (χ0n) is 21.2. The molecule has 0 radical (unpaired) electrons. The fraction of sp³-hybridized carbons (Fsp3) is 0.103. The summed E-state index contributed by atoms with van der Waals surface area (Å²) in [5.41, 5.74) is 1.94. The van der Waals surface area contributed by atoms with Crippen LogP contribution in [0.3, 0.4) is 0 Å². The normalized spacial score (nSPS) is 13.6. The maximum atomic E-state index is 13.6. The van der Waals surface area contributed by atoms with E-state index in [-0.39, 0.29) is 30.1 Å². The second kappa shape index (κ2) is 10.8. The molecule has 1 aliphatic heterocycles. The van der Waals surface area contributed by atoms with Gasteiger partial charge in [0.25, 0.3) is 17.4 Å². The molecular formula is C29H23F2N5O4. The molecule has 3 N–H and O–H groups in total. The Balaban J connectivity index is 1.27. The van der Waals surface area contributed by atoms with Gasteiger partial charge in [-0.15, -0.1) is 0 Å². The molecular weight excluding hydrogens is 520 g/mol. The molecule has 11 heteroatoms. The van der Waals surface area contributed by atoms with Crippen LogP contribution >= 0.6 is 0 Å². The standard InChI is InChI=1S/C29H23F2N5O4/c1-35-16-22(28(39)36(29(35)40)15-18-7-9-23(30)24(31)12-18)26(37)33-11-2-4-17-6-8-20-21(14-19-5-3-10-32-19)27(38)34-25(20)13-17/h2-10,12-14,16,32H,11,15H2,1H3,(H,33,37)(H,34,38)/b4-2+,21-14-. The van der Waals surface area contributed by atoms with Crippen LogP contribution in [0.5, 0.6) is 0 Å². The predicted octanol–water partition coefficient (Wildman–Crippen LogP) is 3.14. The number of hydrogen-bond donors (Lipinski definition) is 3. The molecule has 202 valence electrons. The Hall–Kier alpha value is -5.32. The van der Waals surface area contributed by atoms with Gasteiger partial charge in [-0.2, -0.15) is 0 Å². The molecule has 0 bridgehead atoms. The van der Waals surface area contributed by atoms with Crippen molar-refractivity contribution in [1.29, 1.82) is 0 Å². The van der Waals surface area contributed by atoms with Gasteiger partial charge in [0.1, 0.15) is 5.56 Å². The maximum Gasteiger partial charge on any atom is 0.331 e. The van der Waals surface area contributed by atoms with Gasteiger partial charge in [-0.1, -0.05) is 30.4 Å². The van der Waals surface area contributed by atoms with Gasteiger partial charge in [0, 0.05) is 42.9 Å².